The first-order valence-electron chi connectivity index (χ1n) is 6.89. The molecular formula is C17H21N3S. The summed E-state index contributed by atoms with van der Waals surface area (Å²) in [6.07, 6.45) is 0. The molecule has 2 aromatic rings. The number of nitrogen functional groups attached to an aromatic ring is 1. The summed E-state index contributed by atoms with van der Waals surface area (Å²) in [5, 5.41) is 8.61. The van der Waals surface area contributed by atoms with E-state index in [9.17, 15) is 0 Å². The summed E-state index contributed by atoms with van der Waals surface area (Å²) in [7, 11) is 0. The Bertz CT molecular complexity index is 672. The monoisotopic (exact) mass is 299 g/mol. The van der Waals surface area contributed by atoms with Crippen LogP contribution in [0.2, 0.25) is 0 Å². The van der Waals surface area contributed by atoms with Crippen molar-refractivity contribution in [2.24, 2.45) is 5.73 Å². The highest BCUT2D eigenvalue weighted by Gasteiger charge is 2.12. The lowest BCUT2D eigenvalue weighted by molar-refractivity contribution is 1.03. The summed E-state index contributed by atoms with van der Waals surface area (Å²) >= 11 is 1.64. The maximum Gasteiger partial charge on any atom is 0.125 e. The van der Waals surface area contributed by atoms with Crippen molar-refractivity contribution in [2.75, 3.05) is 0 Å². The molecule has 0 aliphatic heterocycles. The average molecular weight is 299 g/mol. The fourth-order valence-electron chi connectivity index (χ4n) is 2.54. The molecule has 4 heteroatoms. The number of pyridine rings is 1. The normalized spacial score (nSPS) is 10.7. The molecule has 1 heterocycles. The first-order chi connectivity index (χ1) is 9.86. The average Bonchev–Trinajstić information content (AvgIpc) is 2.33. The summed E-state index contributed by atoms with van der Waals surface area (Å²) in [4.78, 5) is 4.56. The number of aryl methyl sites for hydroxylation is 4. The van der Waals surface area contributed by atoms with Gasteiger partial charge in [-0.2, -0.15) is 0 Å². The molecule has 110 valence electrons. The Morgan fingerprint density at radius 3 is 2.29 bits per heavy atom. The van der Waals surface area contributed by atoms with Gasteiger partial charge in [-0.25, -0.2) is 4.98 Å². The molecule has 2 rings (SSSR count). The van der Waals surface area contributed by atoms with Gasteiger partial charge in [-0.05, 0) is 44.9 Å². The van der Waals surface area contributed by atoms with Crippen LogP contribution in [0, 0.1) is 33.1 Å². The van der Waals surface area contributed by atoms with E-state index in [1.165, 1.54) is 16.7 Å². The second-order valence-corrected chi connectivity index (χ2v) is 6.42. The van der Waals surface area contributed by atoms with Crippen molar-refractivity contribution in [2.45, 2.75) is 38.5 Å². The van der Waals surface area contributed by atoms with E-state index in [0.717, 1.165) is 27.6 Å². The highest BCUT2D eigenvalue weighted by atomic mass is 32.2. The minimum Gasteiger partial charge on any atom is -0.384 e. The number of nitrogens with one attached hydrogen (secondary N) is 1. The van der Waals surface area contributed by atoms with E-state index in [2.05, 4.69) is 37.0 Å². The zero-order chi connectivity index (χ0) is 15.6. The lowest BCUT2D eigenvalue weighted by Gasteiger charge is -2.12. The van der Waals surface area contributed by atoms with E-state index in [1.54, 1.807) is 11.8 Å². The van der Waals surface area contributed by atoms with Crippen LogP contribution in [0.5, 0.6) is 0 Å². The summed E-state index contributed by atoms with van der Waals surface area (Å²) in [5.74, 6) is 0.918. The second-order valence-electron chi connectivity index (χ2n) is 5.46. The van der Waals surface area contributed by atoms with Gasteiger partial charge in [0.25, 0.3) is 0 Å². The summed E-state index contributed by atoms with van der Waals surface area (Å²) in [6, 6.07) is 8.52. The molecule has 0 aliphatic rings. The van der Waals surface area contributed by atoms with Crippen molar-refractivity contribution < 1.29 is 0 Å². The topological polar surface area (TPSA) is 62.8 Å². The molecule has 1 aromatic heterocycles. The molecule has 3 nitrogen and oxygen atoms in total. The maximum absolute atomic E-state index is 7.76. The fraction of sp³-hybridized carbons (Fsp3) is 0.294. The fourth-order valence-corrected chi connectivity index (χ4v) is 3.63. The molecule has 0 radical (unpaired) electrons. The first-order valence-corrected chi connectivity index (χ1v) is 7.88. The van der Waals surface area contributed by atoms with E-state index < -0.39 is 0 Å². The summed E-state index contributed by atoms with van der Waals surface area (Å²) < 4.78 is 0. The van der Waals surface area contributed by atoms with Crippen LogP contribution >= 0.6 is 11.8 Å². The number of thioether (sulfide) groups is 1. The molecule has 3 N–H and O–H groups in total. The third kappa shape index (κ3) is 3.85. The van der Waals surface area contributed by atoms with Crippen LogP contribution in [0.25, 0.3) is 0 Å². The molecule has 0 spiro atoms. The third-order valence-electron chi connectivity index (χ3n) is 3.24. The minimum atomic E-state index is 0.0860. The van der Waals surface area contributed by atoms with Crippen molar-refractivity contribution in [3.63, 3.8) is 0 Å². The highest BCUT2D eigenvalue weighted by Crippen LogP contribution is 2.27. The van der Waals surface area contributed by atoms with Crippen molar-refractivity contribution >= 4 is 17.6 Å². The van der Waals surface area contributed by atoms with Crippen LogP contribution in [0.1, 0.15) is 33.5 Å². The van der Waals surface area contributed by atoms with E-state index in [1.807, 2.05) is 19.9 Å². The zero-order valence-corrected chi connectivity index (χ0v) is 13.8. The Kier molecular flexibility index (Phi) is 4.68. The Labute approximate surface area is 130 Å². The first kappa shape index (κ1) is 15.6. The van der Waals surface area contributed by atoms with Gasteiger partial charge in [0.1, 0.15) is 10.9 Å². The molecule has 21 heavy (non-hydrogen) atoms. The summed E-state index contributed by atoms with van der Waals surface area (Å²) in [6.45, 7) is 8.17. The van der Waals surface area contributed by atoms with Crippen LogP contribution in [-0.2, 0) is 5.75 Å². The molecule has 0 fully saturated rings. The number of hydrogen-bond acceptors (Lipinski definition) is 3. The van der Waals surface area contributed by atoms with Crippen LogP contribution < -0.4 is 5.73 Å². The molecule has 0 saturated heterocycles. The van der Waals surface area contributed by atoms with Crippen LogP contribution in [-0.4, -0.2) is 10.8 Å². The number of hydrogen-bond donors (Lipinski definition) is 2. The molecule has 0 aliphatic carbocycles. The molecule has 0 unspecified atom stereocenters. The predicted molar refractivity (Wildman–Crippen MR) is 90.2 cm³/mol. The number of rotatable bonds is 4. The second kappa shape index (κ2) is 6.31. The maximum atomic E-state index is 7.76. The van der Waals surface area contributed by atoms with Crippen LogP contribution in [0.3, 0.4) is 0 Å². The Morgan fingerprint density at radius 2 is 1.71 bits per heavy atom. The van der Waals surface area contributed by atoms with Crippen molar-refractivity contribution in [1.82, 2.24) is 4.98 Å². The minimum absolute atomic E-state index is 0.0860. The van der Waals surface area contributed by atoms with Gasteiger partial charge >= 0.3 is 0 Å². The van der Waals surface area contributed by atoms with Crippen molar-refractivity contribution in [3.05, 3.63) is 57.8 Å². The van der Waals surface area contributed by atoms with Crippen molar-refractivity contribution in [3.8, 4) is 0 Å². The van der Waals surface area contributed by atoms with Crippen LogP contribution in [0.4, 0.5) is 0 Å². The van der Waals surface area contributed by atoms with Gasteiger partial charge in [0, 0.05) is 11.4 Å². The van der Waals surface area contributed by atoms with E-state index in [-0.39, 0.29) is 5.84 Å². The third-order valence-corrected chi connectivity index (χ3v) is 4.28. The van der Waals surface area contributed by atoms with Gasteiger partial charge in [0.2, 0.25) is 0 Å². The molecule has 0 atom stereocenters. The Morgan fingerprint density at radius 1 is 1.10 bits per heavy atom. The zero-order valence-electron chi connectivity index (χ0n) is 12.9. The van der Waals surface area contributed by atoms with Gasteiger partial charge in [0.05, 0.1) is 5.56 Å². The molecule has 0 amide bonds. The van der Waals surface area contributed by atoms with Gasteiger partial charge in [0.15, 0.2) is 0 Å². The largest absolute Gasteiger partial charge is 0.384 e. The number of nitrogens with two attached hydrogens (primary N) is 1. The lowest BCUT2D eigenvalue weighted by Crippen LogP contribution is -2.15. The smallest absolute Gasteiger partial charge is 0.125 e. The van der Waals surface area contributed by atoms with Crippen molar-refractivity contribution in [1.29, 1.82) is 5.41 Å². The lowest BCUT2D eigenvalue weighted by atomic mass is 10.1. The SMILES string of the molecule is Cc1cc(C)cc(CSc2nc(C)cc(C)c2C(=N)N)c1. The van der Waals surface area contributed by atoms with Crippen LogP contribution in [0.15, 0.2) is 29.3 Å². The molecule has 0 bridgehead atoms. The number of benzene rings is 1. The standard InChI is InChI=1S/C17H21N3S/c1-10-5-11(2)7-14(6-10)9-21-17-15(16(18)19)12(3)8-13(4)20-17/h5-8H,9H2,1-4H3,(H3,18,19). The quantitative estimate of drug-likeness (QED) is 0.511. The van der Waals surface area contributed by atoms with E-state index in [0.29, 0.717) is 0 Å². The predicted octanol–water partition coefficient (Wildman–Crippen LogP) is 3.89. The van der Waals surface area contributed by atoms with Gasteiger partial charge in [-0.3, -0.25) is 5.41 Å². The van der Waals surface area contributed by atoms with Gasteiger partial charge < -0.3 is 5.73 Å². The highest BCUT2D eigenvalue weighted by molar-refractivity contribution is 7.98. The molecule has 1 aromatic carbocycles. The van der Waals surface area contributed by atoms with E-state index in [4.69, 9.17) is 11.1 Å². The Hall–Kier alpha value is -1.81. The summed E-state index contributed by atoms with van der Waals surface area (Å²) in [5.41, 5.74) is 12.3. The molecular weight excluding hydrogens is 278 g/mol. The number of amidine groups is 1. The van der Waals surface area contributed by atoms with Gasteiger partial charge in [-0.15, -0.1) is 11.8 Å². The van der Waals surface area contributed by atoms with E-state index >= 15 is 0 Å². The number of aromatic nitrogens is 1. The Balaban J connectivity index is 2.29. The number of nitrogens with zero attached hydrogens (tertiary/aromatic N) is 1. The van der Waals surface area contributed by atoms with Gasteiger partial charge in [-0.1, -0.05) is 29.3 Å². The molecule has 0 saturated carbocycles.